The Bertz CT molecular complexity index is 470. The zero-order valence-electron chi connectivity index (χ0n) is 8.61. The molecule has 0 spiro atoms. The van der Waals surface area contributed by atoms with E-state index in [-0.39, 0.29) is 5.91 Å². The van der Waals surface area contributed by atoms with E-state index in [1.807, 2.05) is 24.6 Å². The summed E-state index contributed by atoms with van der Waals surface area (Å²) in [6, 6.07) is 3.70. The normalized spacial score (nSPS) is 10.3. The number of amides is 1. The second-order valence-electron chi connectivity index (χ2n) is 3.36. The summed E-state index contributed by atoms with van der Waals surface area (Å²) in [6.07, 6.45) is 3.20. The summed E-state index contributed by atoms with van der Waals surface area (Å²) in [5.74, 6) is -0.132. The molecule has 0 aromatic carbocycles. The van der Waals surface area contributed by atoms with Crippen LogP contribution in [0.1, 0.15) is 16.2 Å². The van der Waals surface area contributed by atoms with Crippen molar-refractivity contribution in [3.8, 4) is 0 Å². The van der Waals surface area contributed by atoms with Crippen LogP contribution < -0.4 is 5.32 Å². The maximum Gasteiger partial charge on any atom is 0.272 e. The highest BCUT2D eigenvalue weighted by Crippen LogP contribution is 2.09. The molecule has 0 atom stereocenters. The molecule has 0 saturated heterocycles. The molecule has 0 aliphatic rings. The second-order valence-corrected chi connectivity index (χ2v) is 3.36. The summed E-state index contributed by atoms with van der Waals surface area (Å²) in [7, 11) is 1.86. The number of carbonyl (C=O) groups is 1. The monoisotopic (exact) mass is 204 g/mol. The minimum atomic E-state index is -0.132. The van der Waals surface area contributed by atoms with Crippen LogP contribution in [0.5, 0.6) is 0 Å². The molecule has 0 aliphatic heterocycles. The Kier molecular flexibility index (Phi) is 2.29. The number of anilines is 1. The Balaban J connectivity index is 2.19. The molecule has 5 nitrogen and oxygen atoms in total. The summed E-state index contributed by atoms with van der Waals surface area (Å²) >= 11 is 0. The first-order chi connectivity index (χ1) is 7.18. The molecule has 0 aliphatic carbocycles. The van der Waals surface area contributed by atoms with E-state index in [4.69, 9.17) is 0 Å². The van der Waals surface area contributed by atoms with E-state index in [1.165, 1.54) is 0 Å². The molecule has 2 rings (SSSR count). The van der Waals surface area contributed by atoms with E-state index in [0.717, 1.165) is 5.69 Å². The Morgan fingerprint density at radius 2 is 2.33 bits per heavy atom. The number of carbonyl (C=O) groups excluding carboxylic acids is 1. The van der Waals surface area contributed by atoms with Crippen molar-refractivity contribution in [2.45, 2.75) is 6.92 Å². The lowest BCUT2D eigenvalue weighted by atomic mass is 10.4. The number of nitrogens with zero attached hydrogens (tertiary/aromatic N) is 2. The van der Waals surface area contributed by atoms with Gasteiger partial charge in [-0.15, -0.1) is 0 Å². The molecule has 2 aromatic rings. The lowest BCUT2D eigenvalue weighted by Gasteiger charge is -2.04. The predicted molar refractivity (Wildman–Crippen MR) is 56.7 cm³/mol. The van der Waals surface area contributed by atoms with E-state index in [2.05, 4.69) is 15.5 Å². The first kappa shape index (κ1) is 9.51. The first-order valence-electron chi connectivity index (χ1n) is 4.61. The third-order valence-electron chi connectivity index (χ3n) is 2.36. The Hall–Kier alpha value is -2.04. The molecule has 1 amide bonds. The lowest BCUT2D eigenvalue weighted by Crippen LogP contribution is -2.15. The van der Waals surface area contributed by atoms with Gasteiger partial charge in [-0.1, -0.05) is 0 Å². The molecule has 78 valence electrons. The van der Waals surface area contributed by atoms with Gasteiger partial charge in [0.15, 0.2) is 0 Å². The smallest absolute Gasteiger partial charge is 0.272 e. The van der Waals surface area contributed by atoms with Crippen molar-refractivity contribution in [2.24, 2.45) is 7.05 Å². The highest BCUT2D eigenvalue weighted by molar-refractivity contribution is 6.03. The minimum Gasteiger partial charge on any atom is -0.344 e. The zero-order valence-corrected chi connectivity index (χ0v) is 8.61. The van der Waals surface area contributed by atoms with Gasteiger partial charge in [0.05, 0.1) is 11.9 Å². The SMILES string of the molecule is Cc1ccc(C(=O)Nc2cn[nH]c2)n1C. The van der Waals surface area contributed by atoms with Gasteiger partial charge in [0, 0.05) is 18.9 Å². The fourth-order valence-corrected chi connectivity index (χ4v) is 1.36. The molecule has 0 saturated carbocycles. The number of hydrogen-bond donors (Lipinski definition) is 2. The van der Waals surface area contributed by atoms with Crippen LogP contribution in [0, 0.1) is 6.92 Å². The van der Waals surface area contributed by atoms with Crippen molar-refractivity contribution in [3.05, 3.63) is 35.9 Å². The van der Waals surface area contributed by atoms with E-state index >= 15 is 0 Å². The average Bonchev–Trinajstić information content (AvgIpc) is 2.79. The minimum absolute atomic E-state index is 0.132. The quantitative estimate of drug-likeness (QED) is 0.774. The number of aryl methyl sites for hydroxylation is 1. The number of nitrogens with one attached hydrogen (secondary N) is 2. The number of aromatic nitrogens is 3. The molecular formula is C10H12N4O. The van der Waals surface area contributed by atoms with E-state index in [0.29, 0.717) is 11.4 Å². The van der Waals surface area contributed by atoms with Gasteiger partial charge in [0.1, 0.15) is 5.69 Å². The largest absolute Gasteiger partial charge is 0.344 e. The summed E-state index contributed by atoms with van der Waals surface area (Å²) in [6.45, 7) is 1.95. The van der Waals surface area contributed by atoms with Crippen LogP contribution in [-0.4, -0.2) is 20.7 Å². The maximum absolute atomic E-state index is 11.8. The fraction of sp³-hybridized carbons (Fsp3) is 0.200. The van der Waals surface area contributed by atoms with Gasteiger partial charge in [0.25, 0.3) is 5.91 Å². The Morgan fingerprint density at radius 3 is 2.87 bits per heavy atom. The van der Waals surface area contributed by atoms with Crippen LogP contribution in [0.4, 0.5) is 5.69 Å². The van der Waals surface area contributed by atoms with Crippen LogP contribution in [0.3, 0.4) is 0 Å². The molecule has 0 bridgehead atoms. The lowest BCUT2D eigenvalue weighted by molar-refractivity contribution is 0.101. The van der Waals surface area contributed by atoms with Crippen molar-refractivity contribution in [2.75, 3.05) is 5.32 Å². The van der Waals surface area contributed by atoms with Crippen molar-refractivity contribution in [3.63, 3.8) is 0 Å². The van der Waals surface area contributed by atoms with Gasteiger partial charge in [-0.25, -0.2) is 0 Å². The van der Waals surface area contributed by atoms with Gasteiger partial charge in [-0.05, 0) is 19.1 Å². The van der Waals surface area contributed by atoms with Gasteiger partial charge in [0.2, 0.25) is 0 Å². The van der Waals surface area contributed by atoms with Gasteiger partial charge >= 0.3 is 0 Å². The molecule has 2 N–H and O–H groups in total. The van der Waals surface area contributed by atoms with Crippen LogP contribution in [0.15, 0.2) is 24.5 Å². The summed E-state index contributed by atoms with van der Waals surface area (Å²) < 4.78 is 1.84. The molecule has 0 unspecified atom stereocenters. The van der Waals surface area contributed by atoms with E-state index < -0.39 is 0 Å². The van der Waals surface area contributed by atoms with Crippen molar-refractivity contribution in [1.82, 2.24) is 14.8 Å². The molecule has 15 heavy (non-hydrogen) atoms. The second kappa shape index (κ2) is 3.61. The molecule has 2 aromatic heterocycles. The summed E-state index contributed by atoms with van der Waals surface area (Å²) in [5, 5.41) is 9.12. The average molecular weight is 204 g/mol. The molecule has 5 heteroatoms. The highest BCUT2D eigenvalue weighted by Gasteiger charge is 2.10. The molecule has 0 radical (unpaired) electrons. The van der Waals surface area contributed by atoms with Crippen LogP contribution in [0.25, 0.3) is 0 Å². The highest BCUT2D eigenvalue weighted by atomic mass is 16.1. The van der Waals surface area contributed by atoms with Crippen molar-refractivity contribution in [1.29, 1.82) is 0 Å². The summed E-state index contributed by atoms with van der Waals surface area (Å²) in [4.78, 5) is 11.8. The van der Waals surface area contributed by atoms with E-state index in [1.54, 1.807) is 18.5 Å². The van der Waals surface area contributed by atoms with E-state index in [9.17, 15) is 4.79 Å². The van der Waals surface area contributed by atoms with Crippen molar-refractivity contribution < 1.29 is 4.79 Å². The zero-order chi connectivity index (χ0) is 10.8. The third-order valence-corrected chi connectivity index (χ3v) is 2.36. The standard InChI is InChI=1S/C10H12N4O/c1-7-3-4-9(14(7)2)10(15)13-8-5-11-12-6-8/h3-6H,1-2H3,(H,11,12)(H,13,15). The van der Waals surface area contributed by atoms with Crippen LogP contribution in [0.2, 0.25) is 0 Å². The number of rotatable bonds is 2. The topological polar surface area (TPSA) is 62.7 Å². The van der Waals surface area contributed by atoms with Gasteiger partial charge in [-0.2, -0.15) is 5.10 Å². The summed E-state index contributed by atoms with van der Waals surface area (Å²) in [5.41, 5.74) is 2.35. The molecule has 0 fully saturated rings. The first-order valence-corrected chi connectivity index (χ1v) is 4.61. The van der Waals surface area contributed by atoms with Crippen LogP contribution in [-0.2, 0) is 7.05 Å². The maximum atomic E-state index is 11.8. The molecule has 2 heterocycles. The van der Waals surface area contributed by atoms with Gasteiger partial charge < -0.3 is 9.88 Å². The van der Waals surface area contributed by atoms with Crippen molar-refractivity contribution >= 4 is 11.6 Å². The molecular weight excluding hydrogens is 192 g/mol. The number of aromatic amines is 1. The Morgan fingerprint density at radius 1 is 1.53 bits per heavy atom. The third kappa shape index (κ3) is 1.76. The van der Waals surface area contributed by atoms with Crippen LogP contribution >= 0.6 is 0 Å². The fourth-order valence-electron chi connectivity index (χ4n) is 1.36. The number of H-pyrrole nitrogens is 1. The Labute approximate surface area is 87.1 Å². The van der Waals surface area contributed by atoms with Gasteiger partial charge in [-0.3, -0.25) is 9.89 Å². The number of hydrogen-bond acceptors (Lipinski definition) is 2. The predicted octanol–water partition coefficient (Wildman–Crippen LogP) is 1.31.